The second kappa shape index (κ2) is 7.65. The molecule has 3 N–H and O–H groups in total. The van der Waals surface area contributed by atoms with Crippen LogP contribution in [0.5, 0.6) is 17.2 Å². The summed E-state index contributed by atoms with van der Waals surface area (Å²) in [4.78, 5) is 23.4. The molecule has 0 spiro atoms. The highest BCUT2D eigenvalue weighted by Crippen LogP contribution is 2.45. The van der Waals surface area contributed by atoms with Gasteiger partial charge in [-0.25, -0.2) is 0 Å². The highest BCUT2D eigenvalue weighted by molar-refractivity contribution is 6.07. The van der Waals surface area contributed by atoms with Crippen molar-refractivity contribution in [3.8, 4) is 17.2 Å². The van der Waals surface area contributed by atoms with Gasteiger partial charge in [0, 0.05) is 6.54 Å². The Morgan fingerprint density at radius 1 is 1.10 bits per heavy atom. The van der Waals surface area contributed by atoms with Crippen LogP contribution in [0.4, 0.5) is 13.2 Å². The topological polar surface area (TPSA) is 90.7 Å². The van der Waals surface area contributed by atoms with Crippen molar-refractivity contribution in [2.75, 3.05) is 7.11 Å². The molecule has 0 heterocycles. The molecule has 0 radical (unpaired) electrons. The molecule has 154 valence electrons. The van der Waals surface area contributed by atoms with Gasteiger partial charge in [0.2, 0.25) is 11.8 Å². The van der Waals surface area contributed by atoms with E-state index in [1.807, 2.05) is 0 Å². The summed E-state index contributed by atoms with van der Waals surface area (Å²) >= 11 is 0. The Kier molecular flexibility index (Phi) is 5.41. The zero-order chi connectivity index (χ0) is 21.2. The first-order valence-corrected chi connectivity index (χ1v) is 8.76. The Morgan fingerprint density at radius 3 is 2.24 bits per heavy atom. The predicted octanol–water partition coefficient (Wildman–Crippen LogP) is 3.39. The summed E-state index contributed by atoms with van der Waals surface area (Å²) in [5.41, 5.74) is 3.89. The number of methoxy groups -OCH3 is 1. The van der Waals surface area contributed by atoms with Gasteiger partial charge in [-0.2, -0.15) is 13.2 Å². The van der Waals surface area contributed by atoms with Crippen LogP contribution in [0.2, 0.25) is 0 Å². The number of alkyl halides is 3. The zero-order valence-electron chi connectivity index (χ0n) is 15.5. The van der Waals surface area contributed by atoms with Crippen LogP contribution >= 0.6 is 0 Å². The molecule has 2 aromatic carbocycles. The summed E-state index contributed by atoms with van der Waals surface area (Å²) in [5.74, 6) is -1.14. The fourth-order valence-corrected chi connectivity index (χ4v) is 2.81. The van der Waals surface area contributed by atoms with E-state index in [4.69, 9.17) is 15.2 Å². The minimum Gasteiger partial charge on any atom is -0.497 e. The number of primary amides is 1. The lowest BCUT2D eigenvalue weighted by Gasteiger charge is -2.15. The summed E-state index contributed by atoms with van der Waals surface area (Å²) in [6.45, 7) is 0.157. The van der Waals surface area contributed by atoms with Crippen LogP contribution in [0.15, 0.2) is 42.5 Å². The number of carbonyl (C=O) groups excluding carboxylic acids is 2. The number of amides is 2. The third kappa shape index (κ3) is 4.44. The van der Waals surface area contributed by atoms with Crippen LogP contribution < -0.4 is 20.5 Å². The molecule has 0 aliphatic heterocycles. The number of carbonyl (C=O) groups is 2. The summed E-state index contributed by atoms with van der Waals surface area (Å²) in [7, 11) is 1.28. The van der Waals surface area contributed by atoms with Crippen molar-refractivity contribution >= 4 is 11.8 Å². The minimum atomic E-state index is -4.60. The van der Waals surface area contributed by atoms with Crippen molar-refractivity contribution in [1.29, 1.82) is 0 Å². The van der Waals surface area contributed by atoms with Crippen molar-refractivity contribution in [2.24, 2.45) is 11.1 Å². The average Bonchev–Trinajstić information content (AvgIpc) is 3.49. The van der Waals surface area contributed by atoms with Crippen LogP contribution in [0.1, 0.15) is 24.0 Å². The van der Waals surface area contributed by atoms with Gasteiger partial charge in [0.25, 0.3) is 0 Å². The summed E-state index contributed by atoms with van der Waals surface area (Å²) in [6, 6.07) is 9.63. The Labute approximate surface area is 164 Å². The van der Waals surface area contributed by atoms with E-state index in [0.29, 0.717) is 18.4 Å². The Hall–Kier alpha value is -3.23. The van der Waals surface area contributed by atoms with Crippen LogP contribution in [0.3, 0.4) is 0 Å². The smallest absolute Gasteiger partial charge is 0.420 e. The number of benzene rings is 2. The second-order valence-corrected chi connectivity index (χ2v) is 6.73. The van der Waals surface area contributed by atoms with E-state index < -0.39 is 29.0 Å². The molecule has 2 aromatic rings. The largest absolute Gasteiger partial charge is 0.497 e. The maximum absolute atomic E-state index is 13.3. The molecule has 1 saturated carbocycles. The number of hydrogen-bond donors (Lipinski definition) is 2. The molecule has 0 aromatic heterocycles. The minimum absolute atomic E-state index is 0.0696. The molecule has 2 amide bonds. The van der Waals surface area contributed by atoms with E-state index >= 15 is 0 Å². The molecule has 0 saturated heterocycles. The number of rotatable bonds is 7. The molecule has 3 rings (SSSR count). The van der Waals surface area contributed by atoms with E-state index in [1.165, 1.54) is 31.4 Å². The first-order chi connectivity index (χ1) is 13.7. The van der Waals surface area contributed by atoms with E-state index in [1.54, 1.807) is 12.1 Å². The summed E-state index contributed by atoms with van der Waals surface area (Å²) in [5, 5.41) is 2.65. The van der Waals surface area contributed by atoms with Crippen LogP contribution in [0, 0.1) is 5.41 Å². The number of nitrogens with two attached hydrogens (primary N) is 1. The summed E-state index contributed by atoms with van der Waals surface area (Å²) < 4.78 is 50.0. The van der Waals surface area contributed by atoms with Crippen LogP contribution in [0.25, 0.3) is 0 Å². The number of hydrogen-bond acceptors (Lipinski definition) is 4. The van der Waals surface area contributed by atoms with Gasteiger partial charge in [-0.15, -0.1) is 0 Å². The van der Waals surface area contributed by atoms with Gasteiger partial charge in [0.05, 0.1) is 7.11 Å². The second-order valence-electron chi connectivity index (χ2n) is 6.73. The van der Waals surface area contributed by atoms with Gasteiger partial charge < -0.3 is 20.5 Å². The molecule has 1 aliphatic carbocycles. The average molecular weight is 408 g/mol. The normalized spacial score (nSPS) is 14.8. The van der Waals surface area contributed by atoms with Gasteiger partial charge in [0.15, 0.2) is 0 Å². The maximum atomic E-state index is 13.3. The fourth-order valence-electron chi connectivity index (χ4n) is 2.81. The van der Waals surface area contributed by atoms with Crippen molar-refractivity contribution in [3.05, 3.63) is 53.6 Å². The van der Waals surface area contributed by atoms with Crippen molar-refractivity contribution in [2.45, 2.75) is 25.6 Å². The van der Waals surface area contributed by atoms with Gasteiger partial charge >= 0.3 is 6.18 Å². The van der Waals surface area contributed by atoms with Crippen molar-refractivity contribution in [1.82, 2.24) is 5.32 Å². The fraction of sp³-hybridized carbons (Fsp3) is 0.300. The first-order valence-electron chi connectivity index (χ1n) is 8.76. The Morgan fingerprint density at radius 2 is 1.72 bits per heavy atom. The van der Waals surface area contributed by atoms with Gasteiger partial charge in [0.1, 0.15) is 28.2 Å². The third-order valence-electron chi connectivity index (χ3n) is 4.75. The van der Waals surface area contributed by atoms with Crippen LogP contribution in [-0.2, 0) is 22.3 Å². The van der Waals surface area contributed by atoms with Gasteiger partial charge in [-0.05, 0) is 48.7 Å². The monoisotopic (exact) mass is 408 g/mol. The number of halogens is 3. The highest BCUT2D eigenvalue weighted by atomic mass is 19.4. The molecule has 6 nitrogen and oxygen atoms in total. The van der Waals surface area contributed by atoms with E-state index in [-0.39, 0.29) is 23.8 Å². The van der Waals surface area contributed by atoms with Gasteiger partial charge in [-0.1, -0.05) is 12.1 Å². The van der Waals surface area contributed by atoms with Gasteiger partial charge in [-0.3, -0.25) is 9.59 Å². The molecule has 0 unspecified atom stereocenters. The van der Waals surface area contributed by atoms with E-state index in [2.05, 4.69) is 5.32 Å². The standard InChI is InChI=1S/C20H19F3N2O4/c1-28-14-6-7-16(15(10-14)20(21,22)23)29-13-4-2-12(3-5-13)11-25-18(27)19(8-9-19)17(24)26/h2-7,10H,8-9,11H2,1H3,(H2,24,26)(H,25,27). The molecular weight excluding hydrogens is 389 g/mol. The molecule has 9 heteroatoms. The highest BCUT2D eigenvalue weighted by Gasteiger charge is 2.55. The Bertz CT molecular complexity index is 922. The lowest BCUT2D eigenvalue weighted by molar-refractivity contribution is -0.139. The quantitative estimate of drug-likeness (QED) is 0.687. The van der Waals surface area contributed by atoms with E-state index in [0.717, 1.165) is 6.07 Å². The lowest BCUT2D eigenvalue weighted by atomic mass is 10.1. The molecule has 1 aliphatic rings. The molecule has 0 bridgehead atoms. The summed E-state index contributed by atoms with van der Waals surface area (Å²) in [6.07, 6.45) is -3.73. The third-order valence-corrected chi connectivity index (χ3v) is 4.75. The molecule has 0 atom stereocenters. The van der Waals surface area contributed by atoms with Crippen molar-refractivity contribution in [3.63, 3.8) is 0 Å². The van der Waals surface area contributed by atoms with Crippen molar-refractivity contribution < 1.29 is 32.2 Å². The van der Waals surface area contributed by atoms with E-state index in [9.17, 15) is 22.8 Å². The Balaban J connectivity index is 1.67. The first kappa shape index (κ1) is 20.5. The zero-order valence-corrected chi connectivity index (χ0v) is 15.5. The number of ether oxygens (including phenoxy) is 2. The molecular formula is C20H19F3N2O4. The SMILES string of the molecule is COc1ccc(Oc2ccc(CNC(=O)C3(C(N)=O)CC3)cc2)c(C(F)(F)F)c1. The molecule has 1 fully saturated rings. The lowest BCUT2D eigenvalue weighted by Crippen LogP contribution is -2.40. The number of nitrogens with one attached hydrogen (secondary N) is 1. The predicted molar refractivity (Wildman–Crippen MR) is 97.2 cm³/mol. The van der Waals surface area contributed by atoms with Crippen LogP contribution in [-0.4, -0.2) is 18.9 Å². The maximum Gasteiger partial charge on any atom is 0.420 e. The molecule has 29 heavy (non-hydrogen) atoms.